The highest BCUT2D eigenvalue weighted by molar-refractivity contribution is 5.74. The molecule has 1 saturated heterocycles. The van der Waals surface area contributed by atoms with Crippen molar-refractivity contribution in [2.45, 2.75) is 104 Å². The summed E-state index contributed by atoms with van der Waals surface area (Å²) in [6.45, 7) is 9.68. The third-order valence-electron chi connectivity index (χ3n) is 11.0. The zero-order valence-electron chi connectivity index (χ0n) is 24.7. The first-order valence-corrected chi connectivity index (χ1v) is 13.4. The Hall–Kier alpha value is -0.690. The lowest BCUT2D eigenvalue weighted by Crippen LogP contribution is -2.55. The largest absolute Gasteiger partial charge is 0.465 e. The Labute approximate surface area is 209 Å². The van der Waals surface area contributed by atoms with Crippen LogP contribution in [-0.2, 0) is 9.53 Å². The number of rotatable bonds is 5. The lowest BCUT2D eigenvalue weighted by Gasteiger charge is -2.56. The molecule has 6 heteroatoms. The Balaban J connectivity index is 1.69. The molecule has 0 amide bonds. The van der Waals surface area contributed by atoms with Crippen LogP contribution in [0.5, 0.6) is 0 Å². The van der Waals surface area contributed by atoms with Crippen LogP contribution in [0.1, 0.15) is 84.2 Å². The van der Waals surface area contributed by atoms with E-state index in [1.807, 2.05) is 27.7 Å². The van der Waals surface area contributed by atoms with Crippen LogP contribution in [0.15, 0.2) is 0 Å². The molecule has 0 aromatic heterocycles. The van der Waals surface area contributed by atoms with Gasteiger partial charge in [0.25, 0.3) is 0 Å². The molecule has 0 spiro atoms. The number of hydrogen-bond acceptors (Lipinski definition) is 6. The Bertz CT molecular complexity index is 886. The molecule has 1 aliphatic heterocycles. The second-order valence-corrected chi connectivity index (χ2v) is 12.9. The first kappa shape index (κ1) is 22.5. The number of carbonyl (C=O) groups is 1. The zero-order valence-corrected chi connectivity index (χ0v) is 21.7. The minimum absolute atomic E-state index is 0.0469. The third-order valence-corrected chi connectivity index (χ3v) is 11.0. The molecule has 0 radical (unpaired) electrons. The van der Waals surface area contributed by atoms with Crippen molar-refractivity contribution >= 4 is 5.97 Å². The van der Waals surface area contributed by atoms with E-state index in [9.17, 15) is 26.6 Å². The van der Waals surface area contributed by atoms with E-state index in [1.54, 1.807) is 6.92 Å². The van der Waals surface area contributed by atoms with E-state index in [2.05, 4.69) is 6.92 Å². The Kier molecular flexibility index (Phi) is 6.17. The average molecular weight is 484 g/mol. The summed E-state index contributed by atoms with van der Waals surface area (Å²) >= 11 is 0. The normalized spacial score (nSPS) is 53.0. The van der Waals surface area contributed by atoms with Gasteiger partial charge in [-0.2, -0.15) is 0 Å². The smallest absolute Gasteiger partial charge is 0.309 e. The maximum Gasteiger partial charge on any atom is 0.309 e. The molecular weight excluding hydrogens is 432 g/mol. The molecule has 13 atom stereocenters. The highest BCUT2D eigenvalue weighted by Crippen LogP contribution is 2.66. The topological polar surface area (TPSA) is 107 Å². The number of cyclic esters (lactones) is 1. The Morgan fingerprint density at radius 1 is 1.00 bits per heavy atom. The van der Waals surface area contributed by atoms with E-state index in [4.69, 9.17) is 7.48 Å². The molecule has 4 rings (SSSR count). The Morgan fingerprint density at radius 3 is 2.29 bits per heavy atom. The summed E-state index contributed by atoms with van der Waals surface area (Å²) in [5.74, 6) is -3.95. The number of fused-ring (bicyclic) bond motifs is 5. The molecule has 34 heavy (non-hydrogen) atoms. The maximum absolute atomic E-state index is 13.3. The van der Waals surface area contributed by atoms with Gasteiger partial charge in [0.1, 0.15) is 0 Å². The van der Waals surface area contributed by atoms with Crippen molar-refractivity contribution in [3.8, 4) is 0 Å². The quantitative estimate of drug-likeness (QED) is 0.447. The van der Waals surface area contributed by atoms with Gasteiger partial charge in [-0.3, -0.25) is 4.79 Å². The highest BCUT2D eigenvalue weighted by Gasteiger charge is 2.63. The summed E-state index contributed by atoms with van der Waals surface area (Å²) in [5.41, 5.74) is -1.38. The molecule has 6 nitrogen and oxygen atoms in total. The predicted octanol–water partition coefficient (Wildman–Crippen LogP) is 3.39. The van der Waals surface area contributed by atoms with Crippen molar-refractivity contribution in [2.75, 3.05) is 6.56 Å². The lowest BCUT2D eigenvalue weighted by molar-refractivity contribution is -0.162. The van der Waals surface area contributed by atoms with Crippen LogP contribution >= 0.6 is 0 Å². The number of carbonyl (C=O) groups excluding carboxylic acids is 1. The van der Waals surface area contributed by atoms with Crippen molar-refractivity contribution in [2.24, 2.45) is 58.1 Å². The van der Waals surface area contributed by atoms with Gasteiger partial charge >= 0.3 is 5.97 Å². The molecule has 4 aliphatic rings. The van der Waals surface area contributed by atoms with Crippen molar-refractivity contribution in [3.05, 3.63) is 0 Å². The van der Waals surface area contributed by atoms with E-state index in [-0.39, 0.29) is 53.8 Å². The molecule has 0 aromatic carbocycles. The number of aliphatic hydroxyl groups is 4. The standard InChI is InChI=1S/C28H48O6/c1-14(2)15(3)24(31)25(32)16(4)18-7-8-19-17-13-34-26(33)21-11-22(29)23(30)12-28(21,6)20(17)9-10-27(18,19)5/h14-25,29-32H,7-13H2,1-6H3/t15-,16+,17+,18-,19+,20+,21-,22+,23-,24-,25-,27-,28-/m1/s1/i13D2,21D. The van der Waals surface area contributed by atoms with Gasteiger partial charge in [-0.05, 0) is 90.8 Å². The minimum atomic E-state index is -2.29. The van der Waals surface area contributed by atoms with Gasteiger partial charge in [0, 0.05) is 1.37 Å². The van der Waals surface area contributed by atoms with Crippen LogP contribution < -0.4 is 0 Å². The molecule has 0 unspecified atom stereocenters. The van der Waals surface area contributed by atoms with Crippen molar-refractivity contribution < 1.29 is 34.1 Å². The molecule has 1 heterocycles. The second kappa shape index (κ2) is 9.32. The zero-order chi connectivity index (χ0) is 27.9. The summed E-state index contributed by atoms with van der Waals surface area (Å²) in [6, 6.07) is 0. The summed E-state index contributed by atoms with van der Waals surface area (Å²) in [4.78, 5) is 13.3. The fourth-order valence-corrected chi connectivity index (χ4v) is 8.32. The van der Waals surface area contributed by atoms with E-state index >= 15 is 0 Å². The van der Waals surface area contributed by atoms with Crippen LogP contribution in [0.3, 0.4) is 0 Å². The molecule has 3 saturated carbocycles. The molecule has 0 aromatic rings. The molecule has 4 N–H and O–H groups in total. The lowest BCUT2D eigenvalue weighted by atomic mass is 9.48. The van der Waals surface area contributed by atoms with Gasteiger partial charge in [-0.15, -0.1) is 0 Å². The summed E-state index contributed by atoms with van der Waals surface area (Å²) in [6.07, 6.45) is -1.49. The van der Waals surface area contributed by atoms with Gasteiger partial charge in [-0.25, -0.2) is 0 Å². The van der Waals surface area contributed by atoms with Crippen molar-refractivity contribution in [1.82, 2.24) is 0 Å². The number of hydrogen-bond donors (Lipinski definition) is 4. The van der Waals surface area contributed by atoms with Crippen LogP contribution in [-0.4, -0.2) is 57.4 Å². The fourth-order valence-electron chi connectivity index (χ4n) is 8.32. The highest BCUT2D eigenvalue weighted by atomic mass is 16.5. The Morgan fingerprint density at radius 2 is 1.65 bits per heavy atom. The van der Waals surface area contributed by atoms with Crippen LogP contribution in [0, 0.1) is 58.1 Å². The van der Waals surface area contributed by atoms with Crippen molar-refractivity contribution in [1.29, 1.82) is 0 Å². The molecular formula is C28H48O6. The molecule has 0 bridgehead atoms. The number of esters is 1. The number of aliphatic hydroxyl groups excluding tert-OH is 4. The summed E-state index contributed by atoms with van der Waals surface area (Å²) < 4.78 is 32.6. The van der Waals surface area contributed by atoms with E-state index in [0.717, 1.165) is 12.8 Å². The number of ether oxygens (including phenoxy) is 1. The SMILES string of the molecule is [2H]C1([2H])OC(=O)[C@@]2([2H])C[C@H](O)[C@H](O)C[C@]2(C)[C@H]2CC[C@]3(C)[C@@H]([C@H](C)[C@@H](O)[C@H](O)[C@H](C)C(C)C)CC[C@H]3[C@@H]21. The van der Waals surface area contributed by atoms with E-state index in [1.165, 1.54) is 0 Å². The fraction of sp³-hybridized carbons (Fsp3) is 0.964. The average Bonchev–Trinajstić information content (AvgIpc) is 3.14. The van der Waals surface area contributed by atoms with Gasteiger partial charge in [0.15, 0.2) is 0 Å². The van der Waals surface area contributed by atoms with E-state index < -0.39 is 54.2 Å². The van der Waals surface area contributed by atoms with Crippen LogP contribution in [0.4, 0.5) is 0 Å². The van der Waals surface area contributed by atoms with Gasteiger partial charge in [-0.1, -0.05) is 41.5 Å². The maximum atomic E-state index is 13.3. The molecule has 4 fully saturated rings. The van der Waals surface area contributed by atoms with Gasteiger partial charge in [0.05, 0.1) is 39.6 Å². The van der Waals surface area contributed by atoms with Crippen LogP contribution in [0.25, 0.3) is 0 Å². The van der Waals surface area contributed by atoms with E-state index in [0.29, 0.717) is 12.8 Å². The second-order valence-electron chi connectivity index (χ2n) is 12.9. The minimum Gasteiger partial charge on any atom is -0.465 e. The summed E-state index contributed by atoms with van der Waals surface area (Å²) in [7, 11) is 0. The van der Waals surface area contributed by atoms with Crippen LogP contribution in [0.2, 0.25) is 0 Å². The van der Waals surface area contributed by atoms with Crippen molar-refractivity contribution in [3.63, 3.8) is 0 Å². The first-order chi connectivity index (χ1) is 16.9. The van der Waals surface area contributed by atoms with Gasteiger partial charge < -0.3 is 25.2 Å². The predicted molar refractivity (Wildman–Crippen MR) is 130 cm³/mol. The van der Waals surface area contributed by atoms with Gasteiger partial charge in [0.2, 0.25) is 0 Å². The molecule has 196 valence electrons. The third kappa shape index (κ3) is 4.05. The summed E-state index contributed by atoms with van der Waals surface area (Å²) in [5, 5.41) is 43.1. The monoisotopic (exact) mass is 483 g/mol. The molecule has 3 aliphatic carbocycles. The first-order valence-electron chi connectivity index (χ1n) is 14.9.